The van der Waals surface area contributed by atoms with E-state index in [2.05, 4.69) is 11.8 Å². The fourth-order valence-electron chi connectivity index (χ4n) is 1.08. The average molecular weight is 192 g/mol. The van der Waals surface area contributed by atoms with Gasteiger partial charge in [0.05, 0.1) is 0 Å². The summed E-state index contributed by atoms with van der Waals surface area (Å²) in [5.41, 5.74) is 12.3. The number of hydrogen-bond donors (Lipinski definition) is 2. The van der Waals surface area contributed by atoms with E-state index >= 15 is 0 Å². The Kier molecular flexibility index (Phi) is 4.11. The lowest BCUT2D eigenvalue weighted by molar-refractivity contribution is 0.625. The summed E-state index contributed by atoms with van der Waals surface area (Å²) in [6.07, 6.45) is 0.640. The second-order valence-corrected chi connectivity index (χ2v) is 2.85. The van der Waals surface area contributed by atoms with Crippen LogP contribution in [0.25, 0.3) is 0 Å². The van der Waals surface area contributed by atoms with Crippen molar-refractivity contribution in [3.8, 4) is 11.8 Å². The van der Waals surface area contributed by atoms with Gasteiger partial charge in [-0.15, -0.1) is 0 Å². The topological polar surface area (TPSA) is 52.0 Å². The Bertz CT molecular complexity index is 363. The lowest BCUT2D eigenvalue weighted by atomic mass is 10.1. The molecule has 0 aromatic heterocycles. The summed E-state index contributed by atoms with van der Waals surface area (Å²) in [4.78, 5) is 0. The maximum Gasteiger partial charge on any atom is 0.123 e. The quantitative estimate of drug-likeness (QED) is 0.686. The van der Waals surface area contributed by atoms with Crippen molar-refractivity contribution in [2.24, 2.45) is 11.5 Å². The molecule has 0 radical (unpaired) electrons. The average Bonchev–Trinajstić information content (AvgIpc) is 2.20. The zero-order valence-corrected chi connectivity index (χ0v) is 7.89. The van der Waals surface area contributed by atoms with Crippen LogP contribution in [0.3, 0.4) is 0 Å². The van der Waals surface area contributed by atoms with E-state index in [1.807, 2.05) is 0 Å². The molecule has 1 aromatic rings. The molecule has 0 spiro atoms. The van der Waals surface area contributed by atoms with Gasteiger partial charge in [0.15, 0.2) is 0 Å². The van der Waals surface area contributed by atoms with E-state index in [1.165, 1.54) is 12.1 Å². The first kappa shape index (κ1) is 10.7. The van der Waals surface area contributed by atoms with Crippen LogP contribution in [0.2, 0.25) is 0 Å². The first-order valence-electron chi connectivity index (χ1n) is 4.45. The van der Waals surface area contributed by atoms with Crippen LogP contribution in [-0.4, -0.2) is 6.54 Å². The molecule has 1 rings (SSSR count). The SMILES string of the molecule is NCCC#Cc1ccc(F)cc1CN. The highest BCUT2D eigenvalue weighted by molar-refractivity contribution is 5.41. The van der Waals surface area contributed by atoms with Gasteiger partial charge in [0, 0.05) is 25.1 Å². The van der Waals surface area contributed by atoms with E-state index in [1.54, 1.807) is 6.07 Å². The molecule has 0 amide bonds. The fourth-order valence-corrected chi connectivity index (χ4v) is 1.08. The highest BCUT2D eigenvalue weighted by Crippen LogP contribution is 2.09. The molecule has 0 aliphatic heterocycles. The summed E-state index contributed by atoms with van der Waals surface area (Å²) in [7, 11) is 0. The molecule has 0 unspecified atom stereocenters. The lowest BCUT2D eigenvalue weighted by Crippen LogP contribution is -2.00. The second kappa shape index (κ2) is 5.38. The summed E-state index contributed by atoms with van der Waals surface area (Å²) in [5.74, 6) is 5.53. The van der Waals surface area contributed by atoms with Crippen LogP contribution < -0.4 is 11.5 Å². The van der Waals surface area contributed by atoms with Crippen LogP contribution in [0.1, 0.15) is 17.5 Å². The van der Waals surface area contributed by atoms with Gasteiger partial charge in [0.1, 0.15) is 5.82 Å². The summed E-state index contributed by atoms with van der Waals surface area (Å²) < 4.78 is 12.8. The van der Waals surface area contributed by atoms with Gasteiger partial charge >= 0.3 is 0 Å². The highest BCUT2D eigenvalue weighted by atomic mass is 19.1. The molecule has 2 nitrogen and oxygen atoms in total. The van der Waals surface area contributed by atoms with Crippen LogP contribution >= 0.6 is 0 Å². The molecule has 0 saturated carbocycles. The van der Waals surface area contributed by atoms with Gasteiger partial charge in [0.2, 0.25) is 0 Å². The second-order valence-electron chi connectivity index (χ2n) is 2.85. The van der Waals surface area contributed by atoms with Gasteiger partial charge in [-0.3, -0.25) is 0 Å². The van der Waals surface area contributed by atoms with Gasteiger partial charge < -0.3 is 11.5 Å². The number of hydrogen-bond acceptors (Lipinski definition) is 2. The molecule has 14 heavy (non-hydrogen) atoms. The number of nitrogens with two attached hydrogens (primary N) is 2. The van der Waals surface area contributed by atoms with Crippen molar-refractivity contribution >= 4 is 0 Å². The Hall–Kier alpha value is -1.37. The van der Waals surface area contributed by atoms with Crippen LogP contribution in [0.15, 0.2) is 18.2 Å². The third-order valence-electron chi connectivity index (χ3n) is 1.78. The minimum absolute atomic E-state index is 0.283. The third kappa shape index (κ3) is 2.84. The van der Waals surface area contributed by atoms with Crippen molar-refractivity contribution in [2.75, 3.05) is 6.54 Å². The van der Waals surface area contributed by atoms with Crippen molar-refractivity contribution in [1.82, 2.24) is 0 Å². The molecule has 4 N–H and O–H groups in total. The molecule has 74 valence electrons. The van der Waals surface area contributed by atoms with E-state index in [0.29, 0.717) is 19.5 Å². The van der Waals surface area contributed by atoms with E-state index in [9.17, 15) is 4.39 Å². The monoisotopic (exact) mass is 192 g/mol. The van der Waals surface area contributed by atoms with Crippen molar-refractivity contribution in [3.05, 3.63) is 35.1 Å². The van der Waals surface area contributed by atoms with E-state index < -0.39 is 0 Å². The Morgan fingerprint density at radius 3 is 2.71 bits per heavy atom. The lowest BCUT2D eigenvalue weighted by Gasteiger charge is -2.00. The Morgan fingerprint density at radius 1 is 1.29 bits per heavy atom. The highest BCUT2D eigenvalue weighted by Gasteiger charge is 1.99. The third-order valence-corrected chi connectivity index (χ3v) is 1.78. The Labute approximate surface area is 83.1 Å². The predicted octanol–water partition coefficient (Wildman–Crippen LogP) is 0.985. The van der Waals surface area contributed by atoms with Crippen molar-refractivity contribution < 1.29 is 4.39 Å². The van der Waals surface area contributed by atoms with Crippen molar-refractivity contribution in [2.45, 2.75) is 13.0 Å². The molecule has 0 bridgehead atoms. The van der Waals surface area contributed by atoms with Gasteiger partial charge in [-0.2, -0.15) is 0 Å². The minimum atomic E-state index is -0.283. The number of benzene rings is 1. The van der Waals surface area contributed by atoms with Gasteiger partial charge in [-0.1, -0.05) is 11.8 Å². The van der Waals surface area contributed by atoms with Crippen molar-refractivity contribution in [3.63, 3.8) is 0 Å². The van der Waals surface area contributed by atoms with E-state index in [0.717, 1.165) is 11.1 Å². The Morgan fingerprint density at radius 2 is 2.07 bits per heavy atom. The van der Waals surface area contributed by atoms with Crippen LogP contribution in [0, 0.1) is 17.7 Å². The minimum Gasteiger partial charge on any atom is -0.330 e. The molecule has 0 heterocycles. The fraction of sp³-hybridized carbons (Fsp3) is 0.273. The van der Waals surface area contributed by atoms with Crippen molar-refractivity contribution in [1.29, 1.82) is 0 Å². The molecule has 0 aliphatic rings. The smallest absolute Gasteiger partial charge is 0.123 e. The molecular formula is C11H13FN2. The van der Waals surface area contributed by atoms with Gasteiger partial charge in [-0.05, 0) is 23.8 Å². The number of rotatable bonds is 2. The number of halogens is 1. The molecule has 0 saturated heterocycles. The summed E-state index contributed by atoms with van der Waals surface area (Å²) in [6, 6.07) is 4.43. The normalized spacial score (nSPS) is 9.36. The molecule has 0 aliphatic carbocycles. The zero-order chi connectivity index (χ0) is 10.4. The summed E-state index contributed by atoms with van der Waals surface area (Å²) >= 11 is 0. The maximum absolute atomic E-state index is 12.8. The van der Waals surface area contributed by atoms with E-state index in [4.69, 9.17) is 11.5 Å². The molecule has 3 heteroatoms. The largest absolute Gasteiger partial charge is 0.330 e. The maximum atomic E-state index is 12.8. The van der Waals surface area contributed by atoms with Gasteiger partial charge in [-0.25, -0.2) is 4.39 Å². The predicted molar refractivity (Wildman–Crippen MR) is 54.8 cm³/mol. The van der Waals surface area contributed by atoms with Crippen LogP contribution in [-0.2, 0) is 6.54 Å². The standard InChI is InChI=1S/C11H13FN2/c12-11-5-4-9(3-1-2-6-13)10(7-11)8-14/h4-5,7H,2,6,8,13-14H2. The first-order chi connectivity index (χ1) is 6.77. The Balaban J connectivity index is 2.92. The van der Waals surface area contributed by atoms with Crippen LogP contribution in [0.5, 0.6) is 0 Å². The molecule has 1 aromatic carbocycles. The van der Waals surface area contributed by atoms with Crippen LogP contribution in [0.4, 0.5) is 4.39 Å². The summed E-state index contributed by atoms with van der Waals surface area (Å²) in [5, 5.41) is 0. The first-order valence-corrected chi connectivity index (χ1v) is 4.45. The molecule has 0 atom stereocenters. The van der Waals surface area contributed by atoms with Gasteiger partial charge in [0.25, 0.3) is 0 Å². The van der Waals surface area contributed by atoms with E-state index in [-0.39, 0.29) is 5.82 Å². The zero-order valence-electron chi connectivity index (χ0n) is 7.89. The molecule has 0 fully saturated rings. The molecular weight excluding hydrogens is 179 g/mol. The summed E-state index contributed by atoms with van der Waals surface area (Å²) in [6.45, 7) is 0.830.